The van der Waals surface area contributed by atoms with Crippen molar-refractivity contribution in [3.05, 3.63) is 87.3 Å². The molecule has 0 radical (unpaired) electrons. The highest BCUT2D eigenvalue weighted by Crippen LogP contribution is 2.38. The molecular weight excluding hydrogens is 440 g/mol. The summed E-state index contributed by atoms with van der Waals surface area (Å²) in [7, 11) is 2.59. The molecule has 0 fully saturated rings. The lowest BCUT2D eigenvalue weighted by Crippen LogP contribution is -2.29. The van der Waals surface area contributed by atoms with Crippen molar-refractivity contribution in [2.24, 2.45) is 0 Å². The number of hydrogen-bond acceptors (Lipinski definition) is 7. The molecule has 33 heavy (non-hydrogen) atoms. The first-order chi connectivity index (χ1) is 16.0. The molecule has 3 aromatic rings. The lowest BCUT2D eigenvalue weighted by Gasteiger charge is -2.27. The largest absolute Gasteiger partial charge is 0.465 e. The number of carbonyl (C=O) groups excluding carboxylic acids is 3. The Hall–Kier alpha value is -3.49. The number of rotatable bonds is 6. The molecule has 1 amide bonds. The molecule has 1 N–H and O–H groups in total. The minimum Gasteiger partial charge on any atom is -0.465 e. The van der Waals surface area contributed by atoms with Gasteiger partial charge in [-0.1, -0.05) is 42.5 Å². The van der Waals surface area contributed by atoms with Crippen LogP contribution in [0.4, 0.5) is 5.00 Å². The number of carbonyl (C=O) groups is 3. The average molecular weight is 465 g/mol. The summed E-state index contributed by atoms with van der Waals surface area (Å²) in [6.45, 7) is 2.27. The SMILES string of the molecule is COC(=O)c1ccccc1C(=O)Nc1sc2c(c1C(=O)OC)CCN(Cc1ccccc1)C2. The summed E-state index contributed by atoms with van der Waals surface area (Å²) in [5.74, 6) is -1.57. The molecule has 170 valence electrons. The maximum atomic E-state index is 13.1. The van der Waals surface area contributed by atoms with Crippen molar-refractivity contribution in [1.82, 2.24) is 4.90 Å². The van der Waals surface area contributed by atoms with Crippen LogP contribution in [0.3, 0.4) is 0 Å². The van der Waals surface area contributed by atoms with E-state index in [0.717, 1.165) is 23.5 Å². The second-order valence-corrected chi connectivity index (χ2v) is 8.74. The van der Waals surface area contributed by atoms with Crippen LogP contribution < -0.4 is 5.32 Å². The van der Waals surface area contributed by atoms with E-state index in [1.54, 1.807) is 18.2 Å². The second-order valence-electron chi connectivity index (χ2n) is 7.64. The Bertz CT molecular complexity index is 1190. The van der Waals surface area contributed by atoms with E-state index in [9.17, 15) is 14.4 Å². The summed E-state index contributed by atoms with van der Waals surface area (Å²) in [6.07, 6.45) is 0.678. The maximum absolute atomic E-state index is 13.1. The van der Waals surface area contributed by atoms with Crippen molar-refractivity contribution in [2.75, 3.05) is 26.1 Å². The summed E-state index contributed by atoms with van der Waals surface area (Å²) >= 11 is 1.37. The second kappa shape index (κ2) is 9.97. The van der Waals surface area contributed by atoms with Crippen LogP contribution >= 0.6 is 11.3 Å². The van der Waals surface area contributed by atoms with Gasteiger partial charge in [-0.25, -0.2) is 9.59 Å². The van der Waals surface area contributed by atoms with Gasteiger partial charge in [-0.15, -0.1) is 11.3 Å². The van der Waals surface area contributed by atoms with Gasteiger partial charge in [0.25, 0.3) is 5.91 Å². The first kappa shape index (κ1) is 22.7. The van der Waals surface area contributed by atoms with Crippen molar-refractivity contribution < 1.29 is 23.9 Å². The molecule has 8 heteroatoms. The number of methoxy groups -OCH3 is 2. The molecule has 1 aromatic heterocycles. The van der Waals surface area contributed by atoms with Crippen LogP contribution in [0.15, 0.2) is 54.6 Å². The molecule has 0 saturated heterocycles. The fourth-order valence-corrected chi connectivity index (χ4v) is 5.25. The summed E-state index contributed by atoms with van der Waals surface area (Å²) in [5, 5.41) is 3.26. The van der Waals surface area contributed by atoms with Crippen LogP contribution in [0.2, 0.25) is 0 Å². The molecule has 0 aliphatic carbocycles. The molecule has 2 aromatic carbocycles. The molecule has 4 rings (SSSR count). The Kier molecular flexibility index (Phi) is 6.86. The number of nitrogens with one attached hydrogen (secondary N) is 1. The zero-order valence-electron chi connectivity index (χ0n) is 18.4. The van der Waals surface area contributed by atoms with Gasteiger partial charge in [-0.2, -0.15) is 0 Å². The van der Waals surface area contributed by atoms with Crippen LogP contribution in [0.1, 0.15) is 47.1 Å². The fraction of sp³-hybridized carbons (Fsp3) is 0.240. The quantitative estimate of drug-likeness (QED) is 0.552. The smallest absolute Gasteiger partial charge is 0.341 e. The van der Waals surface area contributed by atoms with E-state index in [1.807, 2.05) is 18.2 Å². The Morgan fingerprint density at radius 2 is 1.61 bits per heavy atom. The average Bonchev–Trinajstić information content (AvgIpc) is 3.20. The Balaban J connectivity index is 1.61. The fourth-order valence-electron chi connectivity index (χ4n) is 3.98. The van der Waals surface area contributed by atoms with Gasteiger partial charge in [-0.3, -0.25) is 9.69 Å². The highest BCUT2D eigenvalue weighted by atomic mass is 32.1. The number of esters is 2. The van der Waals surface area contributed by atoms with Gasteiger partial charge in [-0.05, 0) is 29.7 Å². The van der Waals surface area contributed by atoms with Gasteiger partial charge in [0.2, 0.25) is 0 Å². The number of anilines is 1. The first-order valence-corrected chi connectivity index (χ1v) is 11.3. The van der Waals surface area contributed by atoms with E-state index in [-0.39, 0.29) is 11.1 Å². The normalized spacial score (nSPS) is 13.2. The van der Waals surface area contributed by atoms with Gasteiger partial charge >= 0.3 is 11.9 Å². The summed E-state index contributed by atoms with van der Waals surface area (Å²) in [6, 6.07) is 16.6. The summed E-state index contributed by atoms with van der Waals surface area (Å²) in [4.78, 5) is 41.1. The zero-order chi connectivity index (χ0) is 23.4. The van der Waals surface area contributed by atoms with E-state index in [0.29, 0.717) is 23.5 Å². The van der Waals surface area contributed by atoms with Crippen molar-refractivity contribution in [3.63, 3.8) is 0 Å². The summed E-state index contributed by atoms with van der Waals surface area (Å²) in [5.41, 5.74) is 2.86. The lowest BCUT2D eigenvalue weighted by atomic mass is 10.0. The molecule has 1 aliphatic heterocycles. The van der Waals surface area contributed by atoms with Gasteiger partial charge in [0.05, 0.1) is 30.9 Å². The van der Waals surface area contributed by atoms with Crippen molar-refractivity contribution >= 4 is 34.2 Å². The number of hydrogen-bond donors (Lipinski definition) is 1. The highest BCUT2D eigenvalue weighted by Gasteiger charge is 2.30. The molecule has 0 atom stereocenters. The third-order valence-corrected chi connectivity index (χ3v) is 6.71. The lowest BCUT2D eigenvalue weighted by molar-refractivity contribution is 0.0589. The number of nitrogens with zero attached hydrogens (tertiary/aromatic N) is 1. The Morgan fingerprint density at radius 3 is 2.30 bits per heavy atom. The number of amides is 1. The molecule has 2 heterocycles. The molecule has 1 aliphatic rings. The van der Waals surface area contributed by atoms with Gasteiger partial charge < -0.3 is 14.8 Å². The van der Waals surface area contributed by atoms with Crippen LogP contribution in [-0.2, 0) is 29.0 Å². The number of fused-ring (bicyclic) bond motifs is 1. The molecule has 0 spiro atoms. The number of ether oxygens (including phenoxy) is 2. The topological polar surface area (TPSA) is 84.9 Å². The third kappa shape index (κ3) is 4.81. The zero-order valence-corrected chi connectivity index (χ0v) is 19.2. The standard InChI is InChI=1S/C25H24N2O5S/c1-31-24(29)18-11-7-6-10-17(18)22(28)26-23-21(25(30)32-2)19-12-13-27(15-20(19)33-23)14-16-8-4-3-5-9-16/h3-11H,12-15H2,1-2H3,(H,26,28). The van der Waals surface area contributed by atoms with E-state index in [4.69, 9.17) is 9.47 Å². The number of thiophene rings is 1. The van der Waals surface area contributed by atoms with Crippen molar-refractivity contribution in [3.8, 4) is 0 Å². The molecule has 0 saturated carbocycles. The summed E-state index contributed by atoms with van der Waals surface area (Å²) < 4.78 is 9.81. The minimum atomic E-state index is -0.601. The van der Waals surface area contributed by atoms with Gasteiger partial charge in [0.15, 0.2) is 0 Å². The van der Waals surface area contributed by atoms with E-state index >= 15 is 0 Å². The monoisotopic (exact) mass is 464 g/mol. The molecule has 0 unspecified atom stereocenters. The Morgan fingerprint density at radius 1 is 0.939 bits per heavy atom. The predicted molar refractivity (Wildman–Crippen MR) is 126 cm³/mol. The minimum absolute atomic E-state index is 0.160. The van der Waals surface area contributed by atoms with Gasteiger partial charge in [0, 0.05) is 24.5 Å². The van der Waals surface area contributed by atoms with Crippen molar-refractivity contribution in [2.45, 2.75) is 19.5 Å². The molecule has 0 bridgehead atoms. The predicted octanol–water partition coefficient (Wildman–Crippen LogP) is 4.13. The van der Waals surface area contributed by atoms with Crippen molar-refractivity contribution in [1.29, 1.82) is 0 Å². The van der Waals surface area contributed by atoms with E-state index in [2.05, 4.69) is 22.3 Å². The van der Waals surface area contributed by atoms with Crippen LogP contribution in [0.25, 0.3) is 0 Å². The maximum Gasteiger partial charge on any atom is 0.341 e. The molecule has 7 nitrogen and oxygen atoms in total. The first-order valence-electron chi connectivity index (χ1n) is 10.5. The van der Waals surface area contributed by atoms with Crippen LogP contribution in [0.5, 0.6) is 0 Å². The van der Waals surface area contributed by atoms with Crippen LogP contribution in [-0.4, -0.2) is 43.5 Å². The van der Waals surface area contributed by atoms with E-state index < -0.39 is 17.8 Å². The Labute approximate surface area is 195 Å². The molecular formula is C25H24N2O5S. The van der Waals surface area contributed by atoms with Crippen LogP contribution in [0, 0.1) is 0 Å². The van der Waals surface area contributed by atoms with Gasteiger partial charge in [0.1, 0.15) is 5.00 Å². The third-order valence-electron chi connectivity index (χ3n) is 5.58. The highest BCUT2D eigenvalue weighted by molar-refractivity contribution is 7.17. The number of benzene rings is 2. The van der Waals surface area contributed by atoms with E-state index in [1.165, 1.54) is 37.2 Å².